The van der Waals surface area contributed by atoms with Crippen molar-refractivity contribution >= 4 is 28.4 Å². The minimum Gasteiger partial charge on any atom is -0.396 e. The van der Waals surface area contributed by atoms with Crippen molar-refractivity contribution in [2.75, 3.05) is 12.4 Å². The Bertz CT molecular complexity index is 969. The quantitative estimate of drug-likeness (QED) is 0.389. The number of thioether (sulfide) groups is 1. The summed E-state index contributed by atoms with van der Waals surface area (Å²) in [7, 11) is 0. The number of aromatic nitrogens is 4. The highest BCUT2D eigenvalue weighted by Gasteiger charge is 2.38. The molecule has 3 aromatic rings. The SMILES string of the molecule is OCCCCSc1nc2ccc(C(F)(F)F)cc2n2c(C(F)(F)F)nnc12. The summed E-state index contributed by atoms with van der Waals surface area (Å²) in [5.74, 6) is -0.967. The molecule has 0 radical (unpaired) electrons. The lowest BCUT2D eigenvalue weighted by atomic mass is 10.2. The molecule has 0 bridgehead atoms. The Balaban J connectivity index is 2.23. The summed E-state index contributed by atoms with van der Waals surface area (Å²) in [5.41, 5.74) is -1.77. The van der Waals surface area contributed by atoms with Crippen molar-refractivity contribution in [3.8, 4) is 0 Å². The zero-order valence-corrected chi connectivity index (χ0v) is 14.3. The van der Waals surface area contributed by atoms with Gasteiger partial charge in [0.05, 0.1) is 16.6 Å². The van der Waals surface area contributed by atoms with Crippen molar-refractivity contribution in [2.24, 2.45) is 0 Å². The van der Waals surface area contributed by atoms with Crippen LogP contribution < -0.4 is 0 Å². The molecule has 0 saturated carbocycles. The van der Waals surface area contributed by atoms with Gasteiger partial charge in [-0.15, -0.1) is 22.0 Å². The zero-order valence-electron chi connectivity index (χ0n) is 13.5. The number of nitrogens with zero attached hydrogens (tertiary/aromatic N) is 4. The normalized spacial score (nSPS) is 13.0. The van der Waals surface area contributed by atoms with E-state index in [-0.39, 0.29) is 28.3 Å². The van der Waals surface area contributed by atoms with E-state index in [0.29, 0.717) is 29.1 Å². The zero-order chi connectivity index (χ0) is 19.8. The maximum Gasteiger partial charge on any atom is 0.452 e. The van der Waals surface area contributed by atoms with Crippen LogP contribution in [0.1, 0.15) is 24.2 Å². The average molecular weight is 410 g/mol. The van der Waals surface area contributed by atoms with E-state index in [9.17, 15) is 26.3 Å². The molecule has 0 atom stereocenters. The summed E-state index contributed by atoms with van der Waals surface area (Å²) in [4.78, 5) is 4.16. The summed E-state index contributed by atoms with van der Waals surface area (Å²) >= 11 is 1.10. The number of unbranched alkanes of at least 4 members (excludes halogenated alkanes) is 1. The number of aliphatic hydroxyl groups is 1. The minimum atomic E-state index is -4.90. The van der Waals surface area contributed by atoms with Gasteiger partial charge in [-0.25, -0.2) is 4.98 Å². The number of alkyl halides is 6. The largest absolute Gasteiger partial charge is 0.452 e. The van der Waals surface area contributed by atoms with Gasteiger partial charge in [0, 0.05) is 6.61 Å². The van der Waals surface area contributed by atoms with Crippen LogP contribution in [0.3, 0.4) is 0 Å². The second-order valence-electron chi connectivity index (χ2n) is 5.58. The van der Waals surface area contributed by atoms with Gasteiger partial charge in [-0.1, -0.05) is 0 Å². The van der Waals surface area contributed by atoms with Crippen LogP contribution in [0.4, 0.5) is 26.3 Å². The Morgan fingerprint density at radius 1 is 1.00 bits per heavy atom. The van der Waals surface area contributed by atoms with E-state index in [1.54, 1.807) is 0 Å². The van der Waals surface area contributed by atoms with Gasteiger partial charge < -0.3 is 5.11 Å². The highest BCUT2D eigenvalue weighted by Crippen LogP contribution is 2.36. The summed E-state index contributed by atoms with van der Waals surface area (Å²) in [6.07, 6.45) is -8.53. The summed E-state index contributed by atoms with van der Waals surface area (Å²) in [5, 5.41) is 15.6. The number of halogens is 6. The minimum absolute atomic E-state index is 0.0233. The van der Waals surface area contributed by atoms with Gasteiger partial charge in [-0.3, -0.25) is 4.40 Å². The fourth-order valence-corrected chi connectivity index (χ4v) is 3.41. The third kappa shape index (κ3) is 3.95. The molecule has 0 fully saturated rings. The first-order valence-corrected chi connectivity index (χ1v) is 8.68. The van der Waals surface area contributed by atoms with Crippen LogP contribution in [0.2, 0.25) is 0 Å². The Kier molecular flexibility index (Phi) is 5.21. The predicted molar refractivity (Wildman–Crippen MR) is 85.3 cm³/mol. The van der Waals surface area contributed by atoms with Gasteiger partial charge >= 0.3 is 12.4 Å². The third-order valence-corrected chi connectivity index (χ3v) is 4.70. The number of fused-ring (bicyclic) bond motifs is 3. The van der Waals surface area contributed by atoms with Crippen LogP contribution in [-0.4, -0.2) is 37.0 Å². The summed E-state index contributed by atoms with van der Waals surface area (Å²) in [6, 6.07) is 2.39. The van der Waals surface area contributed by atoms with Gasteiger partial charge in [0.1, 0.15) is 5.03 Å². The third-order valence-electron chi connectivity index (χ3n) is 3.66. The second-order valence-corrected chi connectivity index (χ2v) is 6.66. The molecule has 146 valence electrons. The van der Waals surface area contributed by atoms with Gasteiger partial charge in [0.15, 0.2) is 5.65 Å². The maximum absolute atomic E-state index is 13.3. The van der Waals surface area contributed by atoms with Crippen molar-refractivity contribution < 1.29 is 31.4 Å². The molecule has 0 aliphatic carbocycles. The molecule has 12 heteroatoms. The number of rotatable bonds is 5. The first-order valence-electron chi connectivity index (χ1n) is 7.70. The molecule has 0 saturated heterocycles. The van der Waals surface area contributed by atoms with Crippen LogP contribution in [0, 0.1) is 0 Å². The van der Waals surface area contributed by atoms with E-state index in [1.165, 1.54) is 0 Å². The highest BCUT2D eigenvalue weighted by atomic mass is 32.2. The van der Waals surface area contributed by atoms with E-state index < -0.39 is 23.7 Å². The number of hydrogen-bond donors (Lipinski definition) is 1. The molecule has 3 rings (SSSR count). The van der Waals surface area contributed by atoms with Crippen LogP contribution in [0.5, 0.6) is 0 Å². The molecule has 27 heavy (non-hydrogen) atoms. The number of benzene rings is 1. The van der Waals surface area contributed by atoms with Crippen molar-refractivity contribution in [1.29, 1.82) is 0 Å². The van der Waals surface area contributed by atoms with E-state index in [2.05, 4.69) is 15.2 Å². The van der Waals surface area contributed by atoms with Crippen LogP contribution >= 0.6 is 11.8 Å². The molecule has 0 amide bonds. The molecule has 0 spiro atoms. The lowest BCUT2D eigenvalue weighted by Gasteiger charge is -2.12. The average Bonchev–Trinajstić information content (AvgIpc) is 3.03. The topological polar surface area (TPSA) is 63.3 Å². The van der Waals surface area contributed by atoms with Crippen molar-refractivity contribution in [2.45, 2.75) is 30.2 Å². The van der Waals surface area contributed by atoms with E-state index >= 15 is 0 Å². The van der Waals surface area contributed by atoms with Crippen LogP contribution in [-0.2, 0) is 12.4 Å². The van der Waals surface area contributed by atoms with Crippen molar-refractivity contribution in [3.05, 3.63) is 29.6 Å². The molecule has 0 aliphatic heterocycles. The lowest BCUT2D eigenvalue weighted by Crippen LogP contribution is -2.12. The van der Waals surface area contributed by atoms with Crippen LogP contribution in [0.15, 0.2) is 23.2 Å². The van der Waals surface area contributed by atoms with Crippen molar-refractivity contribution in [3.63, 3.8) is 0 Å². The Hall–Kier alpha value is -2.08. The summed E-state index contributed by atoms with van der Waals surface area (Å²) < 4.78 is 79.4. The first kappa shape index (κ1) is 19.7. The second kappa shape index (κ2) is 7.15. The first-order chi connectivity index (χ1) is 12.6. The summed E-state index contributed by atoms with van der Waals surface area (Å²) in [6.45, 7) is -0.0233. The van der Waals surface area contributed by atoms with Gasteiger partial charge in [-0.05, 0) is 36.8 Å². The fraction of sp³-hybridized carbons (Fsp3) is 0.400. The molecule has 2 heterocycles. The number of aliphatic hydroxyl groups excluding tert-OH is 1. The fourth-order valence-electron chi connectivity index (χ4n) is 2.45. The lowest BCUT2D eigenvalue weighted by molar-refractivity contribution is -0.145. The van der Waals surface area contributed by atoms with E-state index in [1.807, 2.05) is 0 Å². The van der Waals surface area contributed by atoms with Gasteiger partial charge in [-0.2, -0.15) is 26.3 Å². The Morgan fingerprint density at radius 2 is 1.74 bits per heavy atom. The monoisotopic (exact) mass is 410 g/mol. The van der Waals surface area contributed by atoms with Gasteiger partial charge in [0.2, 0.25) is 5.82 Å². The maximum atomic E-state index is 13.3. The standard InChI is InChI=1S/C15H12F6N4OS/c16-14(17,18)8-3-4-9-10(7-8)25-11(23-24-13(25)15(19,20)21)12(22-9)27-6-2-1-5-26/h3-4,7,26H,1-2,5-6H2. The van der Waals surface area contributed by atoms with Gasteiger partial charge in [0.25, 0.3) is 0 Å². The van der Waals surface area contributed by atoms with E-state index in [4.69, 9.17) is 5.11 Å². The molecule has 2 aromatic heterocycles. The van der Waals surface area contributed by atoms with Crippen molar-refractivity contribution in [1.82, 2.24) is 19.6 Å². The molecule has 0 unspecified atom stereocenters. The highest BCUT2D eigenvalue weighted by molar-refractivity contribution is 7.99. The molecule has 1 N–H and O–H groups in total. The Morgan fingerprint density at radius 3 is 2.37 bits per heavy atom. The van der Waals surface area contributed by atoms with Crippen LogP contribution in [0.25, 0.3) is 16.7 Å². The molecule has 1 aromatic carbocycles. The molecule has 0 aliphatic rings. The smallest absolute Gasteiger partial charge is 0.396 e. The molecular weight excluding hydrogens is 398 g/mol. The predicted octanol–water partition coefficient (Wildman–Crippen LogP) is 4.18. The van der Waals surface area contributed by atoms with E-state index in [0.717, 1.165) is 23.9 Å². The Labute approximate surface area is 152 Å². The molecular formula is C15H12F6N4OS. The number of hydrogen-bond acceptors (Lipinski definition) is 5. The molecule has 5 nitrogen and oxygen atoms in total.